The number of likely N-dealkylation sites (tertiary alicyclic amines) is 1. The minimum Gasteiger partial charge on any atom is -0.508 e. The molecular weight excluding hydrogens is 224 g/mol. The van der Waals surface area contributed by atoms with E-state index in [1.807, 2.05) is 19.2 Å². The average Bonchev–Trinajstić information content (AvgIpc) is 2.36. The maximum absolute atomic E-state index is 9.65. The van der Waals surface area contributed by atoms with E-state index in [2.05, 4.69) is 23.3 Å². The lowest BCUT2D eigenvalue weighted by Gasteiger charge is -2.35. The Bertz CT molecular complexity index is 381. The Morgan fingerprint density at radius 1 is 1.50 bits per heavy atom. The van der Waals surface area contributed by atoms with E-state index in [0.717, 1.165) is 13.1 Å². The number of phenolic OH excluding ortho intramolecular Hbond substituents is 1. The number of phenols is 1. The van der Waals surface area contributed by atoms with Crippen molar-refractivity contribution < 1.29 is 5.11 Å². The van der Waals surface area contributed by atoms with Crippen LogP contribution in [0.3, 0.4) is 0 Å². The number of piperidine rings is 1. The van der Waals surface area contributed by atoms with Gasteiger partial charge in [-0.05, 0) is 57.1 Å². The Morgan fingerprint density at radius 2 is 2.33 bits per heavy atom. The molecule has 100 valence electrons. The van der Waals surface area contributed by atoms with Gasteiger partial charge in [-0.2, -0.15) is 0 Å². The van der Waals surface area contributed by atoms with Gasteiger partial charge in [0, 0.05) is 19.0 Å². The fourth-order valence-corrected chi connectivity index (χ4v) is 3.07. The lowest BCUT2D eigenvalue weighted by Crippen LogP contribution is -2.37. The second-order valence-corrected chi connectivity index (χ2v) is 5.42. The second kappa shape index (κ2) is 6.21. The zero-order chi connectivity index (χ0) is 13.0. The summed E-state index contributed by atoms with van der Waals surface area (Å²) in [7, 11) is 4.20. The largest absolute Gasteiger partial charge is 0.508 e. The van der Waals surface area contributed by atoms with E-state index in [-0.39, 0.29) is 0 Å². The van der Waals surface area contributed by atoms with Crippen molar-refractivity contribution in [3.05, 3.63) is 29.8 Å². The molecule has 2 atom stereocenters. The molecule has 3 heteroatoms. The van der Waals surface area contributed by atoms with Crippen LogP contribution in [0.4, 0.5) is 0 Å². The number of nitrogens with one attached hydrogen (secondary N) is 1. The first-order valence-corrected chi connectivity index (χ1v) is 6.82. The van der Waals surface area contributed by atoms with E-state index in [1.165, 1.54) is 24.9 Å². The first-order chi connectivity index (χ1) is 8.70. The molecule has 1 heterocycles. The quantitative estimate of drug-likeness (QED) is 0.856. The predicted octanol–water partition coefficient (Wildman–Crippen LogP) is 2.04. The number of rotatable bonds is 4. The van der Waals surface area contributed by atoms with Gasteiger partial charge in [0.25, 0.3) is 0 Å². The van der Waals surface area contributed by atoms with Gasteiger partial charge in [0.1, 0.15) is 5.75 Å². The normalized spacial score (nSPS) is 22.9. The van der Waals surface area contributed by atoms with Crippen molar-refractivity contribution >= 4 is 0 Å². The molecule has 0 radical (unpaired) electrons. The van der Waals surface area contributed by atoms with Crippen LogP contribution in [0.25, 0.3) is 0 Å². The smallest absolute Gasteiger partial charge is 0.115 e. The third kappa shape index (κ3) is 3.24. The van der Waals surface area contributed by atoms with Gasteiger partial charge in [-0.15, -0.1) is 0 Å². The maximum Gasteiger partial charge on any atom is 0.115 e. The van der Waals surface area contributed by atoms with Gasteiger partial charge in [0.2, 0.25) is 0 Å². The molecule has 18 heavy (non-hydrogen) atoms. The molecule has 0 aromatic heterocycles. The molecule has 1 aromatic carbocycles. The molecule has 0 spiro atoms. The van der Waals surface area contributed by atoms with Crippen molar-refractivity contribution in [1.82, 2.24) is 10.2 Å². The monoisotopic (exact) mass is 248 g/mol. The molecule has 1 fully saturated rings. The van der Waals surface area contributed by atoms with Gasteiger partial charge in [0.05, 0.1) is 0 Å². The first-order valence-electron chi connectivity index (χ1n) is 6.82. The maximum atomic E-state index is 9.65. The molecule has 2 unspecified atom stereocenters. The summed E-state index contributed by atoms with van der Waals surface area (Å²) in [5.74, 6) is 1.54. The molecule has 1 saturated heterocycles. The summed E-state index contributed by atoms with van der Waals surface area (Å²) in [5.41, 5.74) is 1.25. The van der Waals surface area contributed by atoms with Gasteiger partial charge < -0.3 is 15.3 Å². The topological polar surface area (TPSA) is 35.5 Å². The molecule has 1 aromatic rings. The number of nitrogens with zero attached hydrogens (tertiary/aromatic N) is 1. The van der Waals surface area contributed by atoms with Crippen molar-refractivity contribution in [2.45, 2.75) is 18.8 Å². The summed E-state index contributed by atoms with van der Waals surface area (Å²) < 4.78 is 0. The molecular formula is C15H24N2O. The minimum absolute atomic E-state index is 0.373. The van der Waals surface area contributed by atoms with Crippen LogP contribution in [-0.2, 0) is 0 Å². The summed E-state index contributed by atoms with van der Waals surface area (Å²) >= 11 is 0. The first kappa shape index (κ1) is 13.4. The summed E-state index contributed by atoms with van der Waals surface area (Å²) in [6.07, 6.45) is 2.56. The van der Waals surface area contributed by atoms with Crippen LogP contribution in [-0.4, -0.2) is 43.7 Å². The number of hydrogen-bond acceptors (Lipinski definition) is 3. The van der Waals surface area contributed by atoms with Gasteiger partial charge in [-0.1, -0.05) is 12.1 Å². The molecule has 0 saturated carbocycles. The molecule has 0 bridgehead atoms. The number of aromatic hydroxyl groups is 1. The van der Waals surface area contributed by atoms with Crippen LogP contribution in [0, 0.1) is 5.92 Å². The molecule has 0 aliphatic carbocycles. The van der Waals surface area contributed by atoms with Crippen molar-refractivity contribution in [3.8, 4) is 5.75 Å². The Morgan fingerprint density at radius 3 is 3.00 bits per heavy atom. The van der Waals surface area contributed by atoms with Crippen LogP contribution < -0.4 is 5.32 Å². The van der Waals surface area contributed by atoms with Gasteiger partial charge in [0.15, 0.2) is 0 Å². The lowest BCUT2D eigenvalue weighted by molar-refractivity contribution is 0.185. The zero-order valence-electron chi connectivity index (χ0n) is 11.4. The van der Waals surface area contributed by atoms with E-state index >= 15 is 0 Å². The molecule has 0 amide bonds. The zero-order valence-corrected chi connectivity index (χ0v) is 11.4. The third-order valence-corrected chi connectivity index (χ3v) is 3.95. The van der Waals surface area contributed by atoms with Crippen molar-refractivity contribution in [3.63, 3.8) is 0 Å². The Kier molecular flexibility index (Phi) is 4.61. The Balaban J connectivity index is 2.16. The highest BCUT2D eigenvalue weighted by molar-refractivity contribution is 5.30. The fraction of sp³-hybridized carbons (Fsp3) is 0.600. The second-order valence-electron chi connectivity index (χ2n) is 5.42. The minimum atomic E-state index is 0.373. The van der Waals surface area contributed by atoms with Gasteiger partial charge in [-0.3, -0.25) is 0 Å². The van der Waals surface area contributed by atoms with Gasteiger partial charge in [-0.25, -0.2) is 0 Å². The number of benzene rings is 1. The standard InChI is InChI=1S/C15H24N2O/c1-16-10-15(12-5-3-7-14(18)9-12)13-6-4-8-17(2)11-13/h3,5,7,9,13,15-16,18H,4,6,8,10-11H2,1-2H3. The SMILES string of the molecule is CNCC(c1cccc(O)c1)C1CCCN(C)C1. The molecule has 1 aliphatic rings. The number of hydrogen-bond donors (Lipinski definition) is 2. The van der Waals surface area contributed by atoms with Crippen LogP contribution in [0.1, 0.15) is 24.3 Å². The van der Waals surface area contributed by atoms with Gasteiger partial charge >= 0.3 is 0 Å². The van der Waals surface area contributed by atoms with Crippen molar-refractivity contribution in [1.29, 1.82) is 0 Å². The van der Waals surface area contributed by atoms with Crippen LogP contribution >= 0.6 is 0 Å². The Labute approximate surface area is 110 Å². The lowest BCUT2D eigenvalue weighted by atomic mass is 9.81. The number of likely N-dealkylation sites (N-methyl/N-ethyl adjacent to an activating group) is 1. The summed E-state index contributed by atoms with van der Waals surface area (Å²) in [6.45, 7) is 3.34. The predicted molar refractivity (Wildman–Crippen MR) is 75.0 cm³/mol. The van der Waals surface area contributed by atoms with Crippen molar-refractivity contribution in [2.75, 3.05) is 33.7 Å². The van der Waals surface area contributed by atoms with E-state index in [4.69, 9.17) is 0 Å². The Hall–Kier alpha value is -1.06. The molecule has 1 aliphatic heterocycles. The van der Waals surface area contributed by atoms with E-state index < -0.39 is 0 Å². The van der Waals surface area contributed by atoms with Crippen molar-refractivity contribution in [2.24, 2.45) is 5.92 Å². The highest BCUT2D eigenvalue weighted by Crippen LogP contribution is 2.32. The fourth-order valence-electron chi connectivity index (χ4n) is 3.07. The summed E-state index contributed by atoms with van der Waals surface area (Å²) in [6, 6.07) is 7.74. The molecule has 3 nitrogen and oxygen atoms in total. The van der Waals surface area contributed by atoms with E-state index in [0.29, 0.717) is 17.6 Å². The summed E-state index contributed by atoms with van der Waals surface area (Å²) in [4.78, 5) is 2.42. The van der Waals surface area contributed by atoms with Crippen LogP contribution in [0.5, 0.6) is 5.75 Å². The molecule has 2 N–H and O–H groups in total. The summed E-state index contributed by atoms with van der Waals surface area (Å²) in [5, 5.41) is 12.9. The average molecular weight is 248 g/mol. The highest BCUT2D eigenvalue weighted by Gasteiger charge is 2.26. The van der Waals surface area contributed by atoms with Crippen LogP contribution in [0.2, 0.25) is 0 Å². The van der Waals surface area contributed by atoms with Crippen LogP contribution in [0.15, 0.2) is 24.3 Å². The van der Waals surface area contributed by atoms with E-state index in [9.17, 15) is 5.11 Å². The molecule has 2 rings (SSSR count). The van der Waals surface area contributed by atoms with E-state index in [1.54, 1.807) is 6.07 Å². The highest BCUT2D eigenvalue weighted by atomic mass is 16.3. The third-order valence-electron chi connectivity index (χ3n) is 3.95.